The third-order valence-electron chi connectivity index (χ3n) is 2.58. The summed E-state index contributed by atoms with van der Waals surface area (Å²) in [6.45, 7) is 0.533. The van der Waals surface area contributed by atoms with Crippen molar-refractivity contribution in [2.75, 3.05) is 0 Å². The number of hydrogen-bond acceptors (Lipinski definition) is 1. The van der Waals surface area contributed by atoms with Gasteiger partial charge in [-0.2, -0.15) is 0 Å². The fourth-order valence-corrected chi connectivity index (χ4v) is 1.83. The van der Waals surface area contributed by atoms with Crippen LogP contribution in [0.4, 0.5) is 0 Å². The summed E-state index contributed by atoms with van der Waals surface area (Å²) in [4.78, 5) is 4.30. The van der Waals surface area contributed by atoms with Gasteiger partial charge >= 0.3 is 0 Å². The van der Waals surface area contributed by atoms with Crippen molar-refractivity contribution >= 4 is 35.9 Å². The van der Waals surface area contributed by atoms with Crippen LogP contribution in [0.25, 0.3) is 6.08 Å². The van der Waals surface area contributed by atoms with E-state index < -0.39 is 0 Å². The lowest BCUT2D eigenvalue weighted by molar-refractivity contribution is 1.06. The largest absolute Gasteiger partial charge is 0.384 e. The monoisotopic (exact) mass is 306 g/mol. The topological polar surface area (TPSA) is 38.4 Å². The SMILES string of the molecule is Cl.NC(/C=C/c1ccccc1)=NCc1cccc(Cl)c1. The molecule has 0 unspecified atom stereocenters. The van der Waals surface area contributed by atoms with E-state index in [0.717, 1.165) is 11.1 Å². The zero-order valence-corrected chi connectivity index (χ0v) is 12.4. The van der Waals surface area contributed by atoms with Gasteiger partial charge < -0.3 is 5.73 Å². The molecule has 4 heteroatoms. The zero-order chi connectivity index (χ0) is 13.5. The van der Waals surface area contributed by atoms with Crippen LogP contribution in [0.2, 0.25) is 5.02 Å². The molecule has 0 amide bonds. The first-order chi connectivity index (χ1) is 9.24. The number of hydrogen-bond donors (Lipinski definition) is 1. The molecule has 0 atom stereocenters. The lowest BCUT2D eigenvalue weighted by Crippen LogP contribution is -2.07. The Kier molecular flexibility index (Phi) is 6.85. The third-order valence-corrected chi connectivity index (χ3v) is 2.81. The molecule has 0 saturated heterocycles. The molecular formula is C16H16Cl2N2. The minimum absolute atomic E-state index is 0. The van der Waals surface area contributed by atoms with E-state index in [2.05, 4.69) is 4.99 Å². The van der Waals surface area contributed by atoms with Gasteiger partial charge in [-0.3, -0.25) is 4.99 Å². The minimum Gasteiger partial charge on any atom is -0.384 e. The van der Waals surface area contributed by atoms with Gasteiger partial charge in [0.05, 0.1) is 6.54 Å². The van der Waals surface area contributed by atoms with Crippen molar-refractivity contribution < 1.29 is 0 Å². The second-order valence-corrected chi connectivity index (χ2v) is 4.55. The maximum absolute atomic E-state index is 5.91. The molecule has 0 spiro atoms. The molecule has 0 bridgehead atoms. The number of halogens is 2. The number of nitrogens with zero attached hydrogens (tertiary/aromatic N) is 1. The van der Waals surface area contributed by atoms with Gasteiger partial charge in [-0.1, -0.05) is 60.1 Å². The smallest absolute Gasteiger partial charge is 0.118 e. The van der Waals surface area contributed by atoms with Crippen molar-refractivity contribution in [2.45, 2.75) is 6.54 Å². The quantitative estimate of drug-likeness (QED) is 0.662. The highest BCUT2D eigenvalue weighted by molar-refractivity contribution is 6.30. The Hall–Kier alpha value is -1.77. The van der Waals surface area contributed by atoms with Crippen LogP contribution in [0.3, 0.4) is 0 Å². The van der Waals surface area contributed by atoms with Gasteiger partial charge in [-0.05, 0) is 29.3 Å². The van der Waals surface area contributed by atoms with Crippen LogP contribution in [0, 0.1) is 0 Å². The highest BCUT2D eigenvalue weighted by Crippen LogP contribution is 2.11. The molecule has 0 aromatic heterocycles. The summed E-state index contributed by atoms with van der Waals surface area (Å²) < 4.78 is 0. The Morgan fingerprint density at radius 1 is 1.10 bits per heavy atom. The Morgan fingerprint density at radius 2 is 1.85 bits per heavy atom. The van der Waals surface area contributed by atoms with Crippen LogP contribution in [-0.4, -0.2) is 5.84 Å². The van der Waals surface area contributed by atoms with Gasteiger partial charge in [0.15, 0.2) is 0 Å². The summed E-state index contributed by atoms with van der Waals surface area (Å²) in [5.74, 6) is 0.504. The summed E-state index contributed by atoms with van der Waals surface area (Å²) >= 11 is 5.91. The predicted octanol–water partition coefficient (Wildman–Crippen LogP) is 4.33. The maximum Gasteiger partial charge on any atom is 0.118 e. The Bertz CT molecular complexity index is 592. The highest BCUT2D eigenvalue weighted by Gasteiger charge is 1.93. The Labute approximate surface area is 130 Å². The van der Waals surface area contributed by atoms with Crippen LogP contribution in [0.5, 0.6) is 0 Å². The summed E-state index contributed by atoms with van der Waals surface area (Å²) in [5, 5.41) is 0.714. The molecule has 2 rings (SSSR count). The molecule has 0 aliphatic rings. The molecule has 0 fully saturated rings. The van der Waals surface area contributed by atoms with E-state index in [4.69, 9.17) is 17.3 Å². The van der Waals surface area contributed by atoms with Gasteiger partial charge in [-0.15, -0.1) is 12.4 Å². The second-order valence-electron chi connectivity index (χ2n) is 4.12. The number of rotatable bonds is 4. The second kappa shape index (κ2) is 8.41. The molecule has 0 heterocycles. The van der Waals surface area contributed by atoms with Crippen LogP contribution < -0.4 is 5.73 Å². The average molecular weight is 307 g/mol. The van der Waals surface area contributed by atoms with E-state index >= 15 is 0 Å². The lowest BCUT2D eigenvalue weighted by Gasteiger charge is -1.98. The van der Waals surface area contributed by atoms with E-state index in [1.807, 2.05) is 60.7 Å². The summed E-state index contributed by atoms with van der Waals surface area (Å²) in [6, 6.07) is 17.6. The van der Waals surface area contributed by atoms with Gasteiger partial charge in [0, 0.05) is 5.02 Å². The average Bonchev–Trinajstić information content (AvgIpc) is 2.44. The lowest BCUT2D eigenvalue weighted by atomic mass is 10.2. The van der Waals surface area contributed by atoms with E-state index in [1.165, 1.54) is 0 Å². The van der Waals surface area contributed by atoms with E-state index in [-0.39, 0.29) is 12.4 Å². The highest BCUT2D eigenvalue weighted by atomic mass is 35.5. The number of amidine groups is 1. The molecule has 0 saturated carbocycles. The van der Waals surface area contributed by atoms with E-state index in [0.29, 0.717) is 17.4 Å². The molecule has 0 aliphatic heterocycles. The molecule has 2 aromatic rings. The van der Waals surface area contributed by atoms with E-state index in [9.17, 15) is 0 Å². The van der Waals surface area contributed by atoms with Crippen molar-refractivity contribution in [2.24, 2.45) is 10.7 Å². The minimum atomic E-state index is 0. The number of nitrogens with two attached hydrogens (primary N) is 1. The van der Waals surface area contributed by atoms with Crippen LogP contribution >= 0.6 is 24.0 Å². The fourth-order valence-electron chi connectivity index (χ4n) is 1.62. The molecule has 104 valence electrons. The van der Waals surface area contributed by atoms with Crippen molar-refractivity contribution in [1.29, 1.82) is 0 Å². The maximum atomic E-state index is 5.91. The first-order valence-corrected chi connectivity index (χ1v) is 6.39. The first kappa shape index (κ1) is 16.3. The van der Waals surface area contributed by atoms with Crippen molar-refractivity contribution in [3.63, 3.8) is 0 Å². The van der Waals surface area contributed by atoms with Crippen molar-refractivity contribution in [3.05, 3.63) is 76.8 Å². The number of benzene rings is 2. The molecule has 2 aromatic carbocycles. The van der Waals surface area contributed by atoms with Crippen molar-refractivity contribution in [1.82, 2.24) is 0 Å². The standard InChI is InChI=1S/C16H15ClN2.ClH/c17-15-8-4-7-14(11-15)12-19-16(18)10-9-13-5-2-1-3-6-13;/h1-11H,12H2,(H2,18,19);1H/b10-9+;. The zero-order valence-electron chi connectivity index (χ0n) is 10.9. The summed E-state index contributed by atoms with van der Waals surface area (Å²) in [7, 11) is 0. The first-order valence-electron chi connectivity index (χ1n) is 6.01. The van der Waals surface area contributed by atoms with Gasteiger partial charge in [0.1, 0.15) is 5.84 Å². The Morgan fingerprint density at radius 3 is 2.55 bits per heavy atom. The third kappa shape index (κ3) is 5.47. The van der Waals surface area contributed by atoms with Gasteiger partial charge in [-0.25, -0.2) is 0 Å². The van der Waals surface area contributed by atoms with Gasteiger partial charge in [0.2, 0.25) is 0 Å². The number of aliphatic imine (C=N–C) groups is 1. The summed E-state index contributed by atoms with van der Waals surface area (Å²) in [6.07, 6.45) is 3.75. The molecule has 0 aliphatic carbocycles. The predicted molar refractivity (Wildman–Crippen MR) is 89.5 cm³/mol. The van der Waals surface area contributed by atoms with Crippen LogP contribution in [-0.2, 0) is 6.54 Å². The molecule has 0 radical (unpaired) electrons. The van der Waals surface area contributed by atoms with Gasteiger partial charge in [0.25, 0.3) is 0 Å². The molecule has 20 heavy (non-hydrogen) atoms. The summed E-state index contributed by atoms with van der Waals surface area (Å²) in [5.41, 5.74) is 7.98. The normalized spacial score (nSPS) is 11.3. The molecule has 2 N–H and O–H groups in total. The Balaban J connectivity index is 0.00000200. The fraction of sp³-hybridized carbons (Fsp3) is 0.0625. The van der Waals surface area contributed by atoms with E-state index in [1.54, 1.807) is 6.08 Å². The molecule has 2 nitrogen and oxygen atoms in total. The van der Waals surface area contributed by atoms with Crippen LogP contribution in [0.1, 0.15) is 11.1 Å². The van der Waals surface area contributed by atoms with Crippen molar-refractivity contribution in [3.8, 4) is 0 Å². The molecular weight excluding hydrogens is 291 g/mol. The van der Waals surface area contributed by atoms with Crippen LogP contribution in [0.15, 0.2) is 65.7 Å².